The normalized spacial score (nSPS) is 10.3. The minimum Gasteiger partial charge on any atom is -0.399 e. The molecule has 0 aromatic heterocycles. The molecule has 3 N–H and O–H groups in total. The molecule has 3 nitrogen and oxygen atoms in total. The number of nitriles is 1. The molecule has 3 aromatic carbocycles. The summed E-state index contributed by atoms with van der Waals surface area (Å²) in [4.78, 5) is 0. The number of hydrogen-bond donors (Lipinski definition) is 2. The third kappa shape index (κ3) is 3.33. The summed E-state index contributed by atoms with van der Waals surface area (Å²) in [5.74, 6) is 0. The fourth-order valence-electron chi connectivity index (χ4n) is 2.59. The van der Waals surface area contributed by atoms with Crippen LogP contribution in [0.2, 0.25) is 0 Å². The Morgan fingerprint density at radius 1 is 0.826 bits per heavy atom. The van der Waals surface area contributed by atoms with Crippen LogP contribution >= 0.6 is 0 Å². The van der Waals surface area contributed by atoms with Gasteiger partial charge in [-0.3, -0.25) is 0 Å². The van der Waals surface area contributed by atoms with Gasteiger partial charge < -0.3 is 11.1 Å². The zero-order valence-corrected chi connectivity index (χ0v) is 12.6. The number of rotatable bonds is 4. The summed E-state index contributed by atoms with van der Waals surface area (Å²) < 4.78 is 0. The fourth-order valence-corrected chi connectivity index (χ4v) is 2.59. The Morgan fingerprint density at radius 2 is 1.39 bits per heavy atom. The zero-order valence-electron chi connectivity index (χ0n) is 12.6. The Balaban J connectivity index is 2.02. The van der Waals surface area contributed by atoms with Crippen LogP contribution in [0.5, 0.6) is 0 Å². The number of anilines is 2. The average molecular weight is 299 g/mol. The van der Waals surface area contributed by atoms with Gasteiger partial charge in [-0.1, -0.05) is 60.7 Å². The molecule has 0 amide bonds. The van der Waals surface area contributed by atoms with Gasteiger partial charge in [-0.2, -0.15) is 5.26 Å². The summed E-state index contributed by atoms with van der Waals surface area (Å²) in [6, 6.07) is 27.9. The van der Waals surface area contributed by atoms with Gasteiger partial charge in [0.25, 0.3) is 0 Å². The topological polar surface area (TPSA) is 61.8 Å². The van der Waals surface area contributed by atoms with Crippen LogP contribution in [0.25, 0.3) is 0 Å². The molecule has 3 heteroatoms. The fraction of sp³-hybridized carbons (Fsp3) is 0.0500. The lowest BCUT2D eigenvalue weighted by Crippen LogP contribution is -2.13. The van der Waals surface area contributed by atoms with Crippen molar-refractivity contribution in [3.8, 4) is 6.07 Å². The first-order chi connectivity index (χ1) is 11.3. The first kappa shape index (κ1) is 14.7. The third-order valence-corrected chi connectivity index (χ3v) is 3.73. The second-order valence-electron chi connectivity index (χ2n) is 5.32. The van der Waals surface area contributed by atoms with E-state index in [1.807, 2.05) is 42.5 Å². The molecule has 0 aliphatic heterocycles. The third-order valence-electron chi connectivity index (χ3n) is 3.73. The summed E-state index contributed by atoms with van der Waals surface area (Å²) in [5.41, 5.74) is 9.96. The Morgan fingerprint density at radius 3 is 1.91 bits per heavy atom. The lowest BCUT2D eigenvalue weighted by Gasteiger charge is -2.22. The summed E-state index contributed by atoms with van der Waals surface area (Å²) in [7, 11) is 0. The zero-order chi connectivity index (χ0) is 16.1. The Kier molecular flexibility index (Phi) is 4.26. The lowest BCUT2D eigenvalue weighted by molar-refractivity contribution is 0.938. The largest absolute Gasteiger partial charge is 0.399 e. The van der Waals surface area contributed by atoms with Crippen molar-refractivity contribution in [3.05, 3.63) is 95.6 Å². The monoisotopic (exact) mass is 299 g/mol. The molecule has 0 aliphatic carbocycles. The summed E-state index contributed by atoms with van der Waals surface area (Å²) in [5, 5.41) is 12.8. The molecule has 0 saturated carbocycles. The standard InChI is InChI=1S/C20H17N3/c21-14-17-13-18(22)11-12-19(17)23-20(15-7-3-1-4-8-15)16-9-5-2-6-10-16/h1-13,20,23H,22H2. The van der Waals surface area contributed by atoms with Crippen LogP contribution < -0.4 is 11.1 Å². The SMILES string of the molecule is N#Cc1cc(N)ccc1NC(c1ccccc1)c1ccccc1. The van der Waals surface area contributed by atoms with E-state index in [1.165, 1.54) is 0 Å². The van der Waals surface area contributed by atoms with Gasteiger partial charge >= 0.3 is 0 Å². The van der Waals surface area contributed by atoms with Crippen molar-refractivity contribution in [1.29, 1.82) is 5.26 Å². The number of nitrogen functional groups attached to an aromatic ring is 1. The molecule has 0 aliphatic rings. The van der Waals surface area contributed by atoms with E-state index in [-0.39, 0.29) is 6.04 Å². The van der Waals surface area contributed by atoms with E-state index in [4.69, 9.17) is 5.73 Å². The second kappa shape index (κ2) is 6.67. The Bertz CT molecular complexity index is 781. The van der Waals surface area contributed by atoms with Crippen molar-refractivity contribution >= 4 is 11.4 Å². The van der Waals surface area contributed by atoms with Gasteiger partial charge in [-0.25, -0.2) is 0 Å². The molecule has 0 spiro atoms. The van der Waals surface area contributed by atoms with Crippen molar-refractivity contribution in [2.75, 3.05) is 11.1 Å². The van der Waals surface area contributed by atoms with Crippen LogP contribution in [-0.2, 0) is 0 Å². The highest BCUT2D eigenvalue weighted by Crippen LogP contribution is 2.28. The van der Waals surface area contributed by atoms with Gasteiger partial charge in [0, 0.05) is 5.69 Å². The van der Waals surface area contributed by atoms with Gasteiger partial charge in [-0.05, 0) is 29.3 Å². The average Bonchev–Trinajstić information content (AvgIpc) is 2.62. The van der Waals surface area contributed by atoms with Crippen molar-refractivity contribution in [1.82, 2.24) is 0 Å². The summed E-state index contributed by atoms with van der Waals surface area (Å²) in [6.45, 7) is 0. The quantitative estimate of drug-likeness (QED) is 0.704. The van der Waals surface area contributed by atoms with Crippen LogP contribution in [0.15, 0.2) is 78.9 Å². The maximum absolute atomic E-state index is 9.35. The molecule has 23 heavy (non-hydrogen) atoms. The molecule has 112 valence electrons. The van der Waals surface area contributed by atoms with Gasteiger partial charge in [0.05, 0.1) is 17.3 Å². The van der Waals surface area contributed by atoms with Gasteiger partial charge in [0.1, 0.15) is 6.07 Å². The first-order valence-corrected chi connectivity index (χ1v) is 7.44. The molecule has 3 aromatic rings. The van der Waals surface area contributed by atoms with E-state index in [9.17, 15) is 5.26 Å². The van der Waals surface area contributed by atoms with Gasteiger partial charge in [0.15, 0.2) is 0 Å². The van der Waals surface area contributed by atoms with Crippen molar-refractivity contribution in [2.24, 2.45) is 0 Å². The Hall–Kier alpha value is -3.25. The van der Waals surface area contributed by atoms with Crippen molar-refractivity contribution < 1.29 is 0 Å². The van der Waals surface area contributed by atoms with E-state index in [2.05, 4.69) is 35.7 Å². The molecule has 0 saturated heterocycles. The van der Waals surface area contributed by atoms with E-state index >= 15 is 0 Å². The lowest BCUT2D eigenvalue weighted by atomic mass is 9.98. The molecule has 3 rings (SSSR count). The van der Waals surface area contributed by atoms with E-state index in [0.717, 1.165) is 16.8 Å². The van der Waals surface area contributed by atoms with E-state index in [0.29, 0.717) is 11.3 Å². The highest BCUT2D eigenvalue weighted by molar-refractivity contribution is 5.64. The van der Waals surface area contributed by atoms with Gasteiger partial charge in [0.2, 0.25) is 0 Å². The molecular weight excluding hydrogens is 282 g/mol. The minimum atomic E-state index is -0.0341. The number of benzene rings is 3. The summed E-state index contributed by atoms with van der Waals surface area (Å²) in [6.07, 6.45) is 0. The second-order valence-corrected chi connectivity index (χ2v) is 5.32. The van der Waals surface area contributed by atoms with E-state index in [1.54, 1.807) is 12.1 Å². The first-order valence-electron chi connectivity index (χ1n) is 7.44. The van der Waals surface area contributed by atoms with Crippen LogP contribution in [0, 0.1) is 11.3 Å². The maximum atomic E-state index is 9.35. The Labute approximate surface area is 136 Å². The highest BCUT2D eigenvalue weighted by atomic mass is 14.9. The highest BCUT2D eigenvalue weighted by Gasteiger charge is 2.15. The number of hydrogen-bond acceptors (Lipinski definition) is 3. The van der Waals surface area contributed by atoms with Crippen molar-refractivity contribution in [3.63, 3.8) is 0 Å². The summed E-state index contributed by atoms with van der Waals surface area (Å²) >= 11 is 0. The van der Waals surface area contributed by atoms with Gasteiger partial charge in [-0.15, -0.1) is 0 Å². The number of nitrogens with one attached hydrogen (secondary N) is 1. The number of nitrogens with zero attached hydrogens (tertiary/aromatic N) is 1. The molecule has 0 fully saturated rings. The molecule has 0 radical (unpaired) electrons. The molecule has 0 heterocycles. The molecule has 0 bridgehead atoms. The van der Waals surface area contributed by atoms with Crippen LogP contribution in [0.4, 0.5) is 11.4 Å². The van der Waals surface area contributed by atoms with Crippen LogP contribution in [0.3, 0.4) is 0 Å². The van der Waals surface area contributed by atoms with Crippen LogP contribution in [0.1, 0.15) is 22.7 Å². The molecular formula is C20H17N3. The minimum absolute atomic E-state index is 0.0341. The smallest absolute Gasteiger partial charge is 0.101 e. The van der Waals surface area contributed by atoms with Crippen LogP contribution in [-0.4, -0.2) is 0 Å². The number of nitrogens with two attached hydrogens (primary N) is 1. The molecule has 0 unspecified atom stereocenters. The molecule has 0 atom stereocenters. The predicted octanol–water partition coefficient (Wildman–Crippen LogP) is 4.34. The predicted molar refractivity (Wildman–Crippen MR) is 93.9 cm³/mol. The maximum Gasteiger partial charge on any atom is 0.101 e. The van der Waals surface area contributed by atoms with Crippen molar-refractivity contribution in [2.45, 2.75) is 6.04 Å². The van der Waals surface area contributed by atoms with E-state index < -0.39 is 0 Å².